The molecule has 0 aliphatic carbocycles. The summed E-state index contributed by atoms with van der Waals surface area (Å²) in [6.07, 6.45) is 1.76. The molecule has 2 heterocycles. The van der Waals surface area contributed by atoms with E-state index >= 15 is 0 Å². The van der Waals surface area contributed by atoms with Crippen LogP contribution in [0.1, 0.15) is 28.1 Å². The van der Waals surface area contributed by atoms with Gasteiger partial charge in [0.25, 0.3) is 0 Å². The summed E-state index contributed by atoms with van der Waals surface area (Å²) in [6, 6.07) is 1.58. The monoisotopic (exact) mass is 254 g/mol. The zero-order chi connectivity index (χ0) is 12.3. The first-order chi connectivity index (χ1) is 8.18. The van der Waals surface area contributed by atoms with E-state index in [0.29, 0.717) is 11.4 Å². The summed E-state index contributed by atoms with van der Waals surface area (Å²) in [5, 5.41) is 16.6. The molecule has 1 atom stereocenters. The molecule has 0 bridgehead atoms. The Labute approximate surface area is 103 Å². The molecule has 1 aliphatic rings. The van der Waals surface area contributed by atoms with Crippen LogP contribution in [-0.2, 0) is 11.3 Å². The smallest absolute Gasteiger partial charge is 0.346 e. The van der Waals surface area contributed by atoms with Gasteiger partial charge in [-0.25, -0.2) is 4.79 Å². The lowest BCUT2D eigenvalue weighted by Crippen LogP contribution is -2.47. The number of carbonyl (C=O) groups is 2. The first-order valence-electron chi connectivity index (χ1n) is 5.49. The highest BCUT2D eigenvalue weighted by molar-refractivity contribution is 7.12. The summed E-state index contributed by atoms with van der Waals surface area (Å²) in [5.41, 5.74) is 0.737. The Morgan fingerprint density at radius 2 is 2.47 bits per heavy atom. The number of carboxylic acid groups (broad SMARTS) is 1. The van der Waals surface area contributed by atoms with Gasteiger partial charge in [-0.15, -0.1) is 11.3 Å². The molecule has 5 nitrogen and oxygen atoms in total. The fraction of sp³-hybridized carbons (Fsp3) is 0.455. The van der Waals surface area contributed by atoms with Gasteiger partial charge in [-0.3, -0.25) is 4.79 Å². The van der Waals surface area contributed by atoms with E-state index in [-0.39, 0.29) is 11.9 Å². The zero-order valence-corrected chi connectivity index (χ0v) is 10.0. The first-order valence-corrected chi connectivity index (χ1v) is 6.37. The normalized spacial score (nSPS) is 20.0. The molecule has 1 aromatic rings. The molecule has 0 spiro atoms. The molecular formula is C11H14N2O3S. The lowest BCUT2D eigenvalue weighted by molar-refractivity contribution is -0.124. The molecule has 92 valence electrons. The second kappa shape index (κ2) is 5.29. The van der Waals surface area contributed by atoms with Crippen molar-refractivity contribution in [3.05, 3.63) is 21.9 Å². The molecule has 0 aromatic carbocycles. The topological polar surface area (TPSA) is 78.4 Å². The fourth-order valence-electron chi connectivity index (χ4n) is 1.86. The standard InChI is InChI=1S/C11H14N2O3S/c14-10-8(2-1-4-12-10)13-6-7-3-5-17-9(7)11(15)16/h3,5,8,13H,1-2,4,6H2,(H,12,14)(H,15,16). The van der Waals surface area contributed by atoms with Crippen LogP contribution < -0.4 is 10.6 Å². The van der Waals surface area contributed by atoms with Crippen molar-refractivity contribution in [3.8, 4) is 0 Å². The number of hydrogen-bond donors (Lipinski definition) is 3. The van der Waals surface area contributed by atoms with Gasteiger partial charge in [-0.05, 0) is 29.9 Å². The van der Waals surface area contributed by atoms with Gasteiger partial charge in [0.05, 0.1) is 6.04 Å². The molecule has 3 N–H and O–H groups in total. The quantitative estimate of drug-likeness (QED) is 0.743. The average Bonchev–Trinajstić information content (AvgIpc) is 2.76. The molecule has 1 amide bonds. The van der Waals surface area contributed by atoms with Crippen molar-refractivity contribution in [1.29, 1.82) is 0 Å². The van der Waals surface area contributed by atoms with Crippen LogP contribution in [0.15, 0.2) is 11.4 Å². The number of carbonyl (C=O) groups excluding carboxylic acids is 1. The van der Waals surface area contributed by atoms with Crippen LogP contribution >= 0.6 is 11.3 Å². The molecule has 1 unspecified atom stereocenters. The van der Waals surface area contributed by atoms with E-state index in [9.17, 15) is 9.59 Å². The van der Waals surface area contributed by atoms with E-state index in [2.05, 4.69) is 10.6 Å². The Hall–Kier alpha value is -1.40. The largest absolute Gasteiger partial charge is 0.477 e. The fourth-order valence-corrected chi connectivity index (χ4v) is 2.62. The maximum absolute atomic E-state index is 11.5. The number of piperidine rings is 1. The number of aromatic carboxylic acids is 1. The lowest BCUT2D eigenvalue weighted by Gasteiger charge is -2.22. The number of amides is 1. The van der Waals surface area contributed by atoms with Gasteiger partial charge in [0.2, 0.25) is 5.91 Å². The Balaban J connectivity index is 1.95. The number of thiophene rings is 1. The van der Waals surface area contributed by atoms with Crippen LogP contribution in [0.4, 0.5) is 0 Å². The van der Waals surface area contributed by atoms with E-state index in [0.717, 1.165) is 24.9 Å². The van der Waals surface area contributed by atoms with Gasteiger partial charge < -0.3 is 15.7 Å². The van der Waals surface area contributed by atoms with Crippen molar-refractivity contribution < 1.29 is 14.7 Å². The van der Waals surface area contributed by atoms with Crippen LogP contribution in [0.25, 0.3) is 0 Å². The van der Waals surface area contributed by atoms with Crippen molar-refractivity contribution in [1.82, 2.24) is 10.6 Å². The molecule has 1 aliphatic heterocycles. The van der Waals surface area contributed by atoms with E-state index in [1.54, 1.807) is 11.4 Å². The van der Waals surface area contributed by atoms with Gasteiger partial charge in [-0.1, -0.05) is 0 Å². The first kappa shape index (κ1) is 12.1. The molecular weight excluding hydrogens is 240 g/mol. The van der Waals surface area contributed by atoms with Gasteiger partial charge in [-0.2, -0.15) is 0 Å². The molecule has 17 heavy (non-hydrogen) atoms. The van der Waals surface area contributed by atoms with Crippen LogP contribution in [0.5, 0.6) is 0 Å². The minimum Gasteiger partial charge on any atom is -0.477 e. The van der Waals surface area contributed by atoms with Gasteiger partial charge in [0.1, 0.15) is 4.88 Å². The minimum atomic E-state index is -0.912. The molecule has 0 radical (unpaired) electrons. The van der Waals surface area contributed by atoms with Crippen LogP contribution in [0.2, 0.25) is 0 Å². The minimum absolute atomic E-state index is 0.00311. The predicted octanol–water partition coefficient (Wildman–Crippen LogP) is 0.815. The van der Waals surface area contributed by atoms with Crippen LogP contribution in [-0.4, -0.2) is 29.6 Å². The molecule has 1 saturated heterocycles. The second-order valence-corrected chi connectivity index (χ2v) is 4.86. The Morgan fingerprint density at radius 1 is 1.65 bits per heavy atom. The van der Waals surface area contributed by atoms with Crippen LogP contribution in [0.3, 0.4) is 0 Å². The summed E-state index contributed by atoms with van der Waals surface area (Å²) >= 11 is 1.20. The third-order valence-electron chi connectivity index (χ3n) is 2.77. The Bertz CT molecular complexity index is 430. The summed E-state index contributed by atoms with van der Waals surface area (Å²) in [5.74, 6) is -0.909. The van der Waals surface area contributed by atoms with Crippen molar-refractivity contribution in [3.63, 3.8) is 0 Å². The zero-order valence-electron chi connectivity index (χ0n) is 9.23. The summed E-state index contributed by atoms with van der Waals surface area (Å²) in [7, 11) is 0. The number of nitrogens with one attached hydrogen (secondary N) is 2. The van der Waals surface area contributed by atoms with Crippen molar-refractivity contribution in [2.45, 2.75) is 25.4 Å². The number of carboxylic acids is 1. The van der Waals surface area contributed by atoms with E-state index < -0.39 is 5.97 Å². The van der Waals surface area contributed by atoms with Crippen molar-refractivity contribution in [2.75, 3.05) is 6.54 Å². The van der Waals surface area contributed by atoms with E-state index in [4.69, 9.17) is 5.11 Å². The molecule has 1 fully saturated rings. The van der Waals surface area contributed by atoms with Gasteiger partial charge >= 0.3 is 5.97 Å². The highest BCUT2D eigenvalue weighted by Gasteiger charge is 2.22. The predicted molar refractivity (Wildman–Crippen MR) is 64.1 cm³/mol. The average molecular weight is 254 g/mol. The third-order valence-corrected chi connectivity index (χ3v) is 3.71. The van der Waals surface area contributed by atoms with Crippen molar-refractivity contribution in [2.24, 2.45) is 0 Å². The molecule has 2 rings (SSSR count). The summed E-state index contributed by atoms with van der Waals surface area (Å²) in [6.45, 7) is 1.15. The van der Waals surface area contributed by atoms with E-state index in [1.165, 1.54) is 11.3 Å². The lowest BCUT2D eigenvalue weighted by atomic mass is 10.1. The Kier molecular flexibility index (Phi) is 3.75. The summed E-state index contributed by atoms with van der Waals surface area (Å²) < 4.78 is 0. The molecule has 6 heteroatoms. The summed E-state index contributed by atoms with van der Waals surface area (Å²) in [4.78, 5) is 22.7. The maximum Gasteiger partial charge on any atom is 0.346 e. The highest BCUT2D eigenvalue weighted by atomic mass is 32.1. The van der Waals surface area contributed by atoms with Gasteiger partial charge in [0, 0.05) is 13.1 Å². The van der Waals surface area contributed by atoms with E-state index in [1.807, 2.05) is 0 Å². The van der Waals surface area contributed by atoms with Crippen LogP contribution in [0, 0.1) is 0 Å². The SMILES string of the molecule is O=C(O)c1sccc1CNC1CCCNC1=O. The second-order valence-electron chi connectivity index (χ2n) is 3.95. The molecule has 0 saturated carbocycles. The highest BCUT2D eigenvalue weighted by Crippen LogP contribution is 2.17. The van der Waals surface area contributed by atoms with Crippen molar-refractivity contribution >= 4 is 23.2 Å². The Morgan fingerprint density at radius 3 is 3.18 bits per heavy atom. The number of hydrogen-bond acceptors (Lipinski definition) is 4. The maximum atomic E-state index is 11.5. The van der Waals surface area contributed by atoms with Gasteiger partial charge in [0.15, 0.2) is 0 Å². The number of rotatable bonds is 4. The third kappa shape index (κ3) is 2.83. The molecule has 1 aromatic heterocycles.